The Balaban J connectivity index is 1.96. The molecule has 0 radical (unpaired) electrons. The molecule has 0 saturated carbocycles. The molecule has 0 aromatic carbocycles. The molecule has 2 rings (SSSR count). The number of aliphatic hydroxyl groups is 1. The van der Waals surface area contributed by atoms with Gasteiger partial charge in [0.2, 0.25) is 0 Å². The van der Waals surface area contributed by atoms with E-state index in [0.29, 0.717) is 6.04 Å². The second-order valence-corrected chi connectivity index (χ2v) is 4.77. The molecule has 78 valence electrons. The maximum atomic E-state index is 9.16. The van der Waals surface area contributed by atoms with E-state index in [9.17, 15) is 0 Å². The summed E-state index contributed by atoms with van der Waals surface area (Å²) < 4.78 is 0. The molecule has 0 spiro atoms. The van der Waals surface area contributed by atoms with Crippen LogP contribution in [0.5, 0.6) is 0 Å². The molecule has 2 heterocycles. The van der Waals surface area contributed by atoms with Gasteiger partial charge in [-0.25, -0.2) is 4.98 Å². The lowest BCUT2D eigenvalue weighted by molar-refractivity contribution is 0.153. The van der Waals surface area contributed by atoms with Crippen molar-refractivity contribution in [1.29, 1.82) is 0 Å². The lowest BCUT2D eigenvalue weighted by atomic mass is 10.2. The summed E-state index contributed by atoms with van der Waals surface area (Å²) in [4.78, 5) is 6.77. The number of aromatic nitrogens is 1. The van der Waals surface area contributed by atoms with Crippen LogP contribution in [0.25, 0.3) is 0 Å². The maximum absolute atomic E-state index is 9.16. The van der Waals surface area contributed by atoms with E-state index < -0.39 is 0 Å². The molecule has 0 bridgehead atoms. The number of hydrogen-bond donors (Lipinski definition) is 1. The van der Waals surface area contributed by atoms with Gasteiger partial charge in [0.15, 0.2) is 0 Å². The zero-order valence-electron chi connectivity index (χ0n) is 8.44. The van der Waals surface area contributed by atoms with Gasteiger partial charge in [-0.15, -0.1) is 11.3 Å². The van der Waals surface area contributed by atoms with E-state index in [2.05, 4.69) is 15.3 Å². The van der Waals surface area contributed by atoms with Crippen LogP contribution in [0.15, 0.2) is 5.38 Å². The Morgan fingerprint density at radius 1 is 1.71 bits per heavy atom. The molecular weight excluding hydrogens is 196 g/mol. The van der Waals surface area contributed by atoms with Crippen LogP contribution in [0.4, 0.5) is 0 Å². The molecule has 1 aromatic rings. The standard InChI is InChI=1S/C10H16N2OS/c1-8-7-14-10(11-8)5-12-4-2-3-9(12)6-13/h7,9,13H,2-6H2,1H3. The van der Waals surface area contributed by atoms with E-state index in [0.717, 1.165) is 25.2 Å². The second kappa shape index (κ2) is 4.38. The van der Waals surface area contributed by atoms with E-state index in [1.165, 1.54) is 11.4 Å². The Labute approximate surface area is 88.4 Å². The van der Waals surface area contributed by atoms with Crippen LogP contribution in [0.2, 0.25) is 0 Å². The Kier molecular flexibility index (Phi) is 3.15. The van der Waals surface area contributed by atoms with E-state index in [-0.39, 0.29) is 6.61 Å². The van der Waals surface area contributed by atoms with Gasteiger partial charge in [0.05, 0.1) is 13.2 Å². The third kappa shape index (κ3) is 2.13. The van der Waals surface area contributed by atoms with Gasteiger partial charge in [0, 0.05) is 17.1 Å². The van der Waals surface area contributed by atoms with E-state index >= 15 is 0 Å². The van der Waals surface area contributed by atoms with Crippen LogP contribution in [0.3, 0.4) is 0 Å². The van der Waals surface area contributed by atoms with Crippen molar-refractivity contribution in [2.24, 2.45) is 0 Å². The van der Waals surface area contributed by atoms with E-state index in [1.54, 1.807) is 11.3 Å². The average molecular weight is 212 g/mol. The summed E-state index contributed by atoms with van der Waals surface area (Å²) in [5.41, 5.74) is 1.10. The predicted octanol–water partition coefficient (Wildman–Crippen LogP) is 1.41. The summed E-state index contributed by atoms with van der Waals surface area (Å²) in [6.45, 7) is 4.31. The van der Waals surface area contributed by atoms with Crippen molar-refractivity contribution in [3.8, 4) is 0 Å². The van der Waals surface area contributed by atoms with Crippen molar-refractivity contribution in [2.75, 3.05) is 13.2 Å². The molecule has 1 saturated heterocycles. The molecule has 14 heavy (non-hydrogen) atoms. The fourth-order valence-corrected chi connectivity index (χ4v) is 2.76. The fourth-order valence-electron chi connectivity index (χ4n) is 1.96. The van der Waals surface area contributed by atoms with Gasteiger partial charge in [0.1, 0.15) is 5.01 Å². The number of aryl methyl sites for hydroxylation is 1. The van der Waals surface area contributed by atoms with Gasteiger partial charge in [-0.3, -0.25) is 4.90 Å². The van der Waals surface area contributed by atoms with Crippen molar-refractivity contribution in [3.05, 3.63) is 16.1 Å². The minimum Gasteiger partial charge on any atom is -0.395 e. The van der Waals surface area contributed by atoms with Crippen molar-refractivity contribution in [3.63, 3.8) is 0 Å². The Morgan fingerprint density at radius 2 is 2.57 bits per heavy atom. The summed E-state index contributed by atoms with van der Waals surface area (Å²) in [6.07, 6.45) is 2.33. The van der Waals surface area contributed by atoms with Gasteiger partial charge >= 0.3 is 0 Å². The van der Waals surface area contributed by atoms with E-state index in [1.807, 2.05) is 6.92 Å². The molecule has 0 aliphatic carbocycles. The summed E-state index contributed by atoms with van der Waals surface area (Å²) in [5.74, 6) is 0. The largest absolute Gasteiger partial charge is 0.395 e. The van der Waals surface area contributed by atoms with Gasteiger partial charge < -0.3 is 5.11 Å². The van der Waals surface area contributed by atoms with Crippen LogP contribution in [0.1, 0.15) is 23.5 Å². The summed E-state index contributed by atoms with van der Waals surface area (Å²) in [6, 6.07) is 0.360. The molecule has 1 N–H and O–H groups in total. The molecular formula is C10H16N2OS. The third-order valence-corrected chi connectivity index (χ3v) is 3.67. The van der Waals surface area contributed by atoms with Crippen LogP contribution < -0.4 is 0 Å². The van der Waals surface area contributed by atoms with Crippen LogP contribution in [-0.4, -0.2) is 34.2 Å². The van der Waals surface area contributed by atoms with Gasteiger partial charge in [-0.05, 0) is 26.3 Å². The first-order chi connectivity index (χ1) is 6.79. The SMILES string of the molecule is Cc1csc(CN2CCCC2CO)n1. The molecule has 1 fully saturated rings. The number of hydrogen-bond acceptors (Lipinski definition) is 4. The predicted molar refractivity (Wildman–Crippen MR) is 57.4 cm³/mol. The summed E-state index contributed by atoms with van der Waals surface area (Å²) >= 11 is 1.71. The highest BCUT2D eigenvalue weighted by atomic mass is 32.1. The Morgan fingerprint density at radius 3 is 3.21 bits per heavy atom. The van der Waals surface area contributed by atoms with Crippen molar-refractivity contribution in [1.82, 2.24) is 9.88 Å². The molecule has 1 unspecified atom stereocenters. The van der Waals surface area contributed by atoms with E-state index in [4.69, 9.17) is 5.11 Å². The van der Waals surface area contributed by atoms with Crippen LogP contribution in [0, 0.1) is 6.92 Å². The number of nitrogens with zero attached hydrogens (tertiary/aromatic N) is 2. The minimum atomic E-state index is 0.282. The van der Waals surface area contributed by atoms with Crippen molar-refractivity contribution < 1.29 is 5.11 Å². The Hall–Kier alpha value is -0.450. The molecule has 3 nitrogen and oxygen atoms in total. The lowest BCUT2D eigenvalue weighted by Crippen LogP contribution is -2.31. The average Bonchev–Trinajstić information content (AvgIpc) is 2.76. The number of rotatable bonds is 3. The normalized spacial score (nSPS) is 23.1. The smallest absolute Gasteiger partial charge is 0.107 e. The third-order valence-electron chi connectivity index (χ3n) is 2.71. The highest BCUT2D eigenvalue weighted by Gasteiger charge is 2.24. The molecule has 1 aliphatic rings. The zero-order valence-corrected chi connectivity index (χ0v) is 9.26. The summed E-state index contributed by atoms with van der Waals surface area (Å²) in [7, 11) is 0. The zero-order chi connectivity index (χ0) is 9.97. The molecule has 0 amide bonds. The highest BCUT2D eigenvalue weighted by molar-refractivity contribution is 7.09. The van der Waals surface area contributed by atoms with Crippen LogP contribution >= 0.6 is 11.3 Å². The number of aliphatic hydroxyl groups excluding tert-OH is 1. The molecule has 4 heteroatoms. The second-order valence-electron chi connectivity index (χ2n) is 3.83. The number of thiazole rings is 1. The molecule has 1 aromatic heterocycles. The molecule has 1 atom stereocenters. The monoisotopic (exact) mass is 212 g/mol. The first-order valence-electron chi connectivity index (χ1n) is 5.05. The topological polar surface area (TPSA) is 36.4 Å². The van der Waals surface area contributed by atoms with Gasteiger partial charge in [-0.1, -0.05) is 0 Å². The minimum absolute atomic E-state index is 0.282. The first kappa shape index (κ1) is 10.1. The van der Waals surface area contributed by atoms with Gasteiger partial charge in [0.25, 0.3) is 0 Å². The maximum Gasteiger partial charge on any atom is 0.107 e. The van der Waals surface area contributed by atoms with Crippen molar-refractivity contribution >= 4 is 11.3 Å². The number of likely N-dealkylation sites (tertiary alicyclic amines) is 1. The summed E-state index contributed by atoms with van der Waals surface area (Å²) in [5, 5.41) is 12.4. The van der Waals surface area contributed by atoms with Crippen LogP contribution in [-0.2, 0) is 6.54 Å². The first-order valence-corrected chi connectivity index (χ1v) is 5.93. The van der Waals surface area contributed by atoms with Crippen molar-refractivity contribution in [2.45, 2.75) is 32.4 Å². The Bertz CT molecular complexity index is 300. The molecule has 1 aliphatic heterocycles. The highest BCUT2D eigenvalue weighted by Crippen LogP contribution is 2.20. The lowest BCUT2D eigenvalue weighted by Gasteiger charge is -2.20. The quantitative estimate of drug-likeness (QED) is 0.823. The fraction of sp³-hybridized carbons (Fsp3) is 0.700. The van der Waals surface area contributed by atoms with Gasteiger partial charge in [-0.2, -0.15) is 0 Å².